The summed E-state index contributed by atoms with van der Waals surface area (Å²) < 4.78 is 0. The van der Waals surface area contributed by atoms with Crippen molar-refractivity contribution in [1.82, 2.24) is 25.1 Å². The summed E-state index contributed by atoms with van der Waals surface area (Å²) in [6.45, 7) is 10.6. The number of carbonyl (C=O) groups excluding carboxylic acids is 1. The zero-order valence-electron chi connectivity index (χ0n) is 16.0. The van der Waals surface area contributed by atoms with Gasteiger partial charge < -0.3 is 20.0 Å². The molecule has 0 spiro atoms. The van der Waals surface area contributed by atoms with Crippen molar-refractivity contribution < 1.29 is 4.79 Å². The van der Waals surface area contributed by atoms with E-state index in [0.717, 1.165) is 36.8 Å². The van der Waals surface area contributed by atoms with Gasteiger partial charge in [0.1, 0.15) is 17.3 Å². The third-order valence-corrected chi connectivity index (χ3v) is 6.00. The van der Waals surface area contributed by atoms with Gasteiger partial charge in [-0.2, -0.15) is 0 Å². The number of amides is 1. The van der Waals surface area contributed by atoms with Crippen LogP contribution < -0.4 is 10.2 Å². The summed E-state index contributed by atoms with van der Waals surface area (Å²) in [5, 5.41) is 2.89. The fourth-order valence-corrected chi connectivity index (χ4v) is 4.37. The SMILES string of the molecule is Cc1nc2c(c(N3CCC(CN4CCN(C)CC4)CC3)n1)CCNC2=O. The molecule has 7 nitrogen and oxygen atoms in total. The minimum atomic E-state index is -0.0528. The predicted molar refractivity (Wildman–Crippen MR) is 102 cm³/mol. The first-order chi connectivity index (χ1) is 12.6. The summed E-state index contributed by atoms with van der Waals surface area (Å²) in [5.41, 5.74) is 1.62. The minimum absolute atomic E-state index is 0.0528. The summed E-state index contributed by atoms with van der Waals surface area (Å²) in [5.74, 6) is 2.41. The number of hydrogen-bond acceptors (Lipinski definition) is 6. The van der Waals surface area contributed by atoms with E-state index in [0.29, 0.717) is 18.1 Å². The van der Waals surface area contributed by atoms with Gasteiger partial charge >= 0.3 is 0 Å². The quantitative estimate of drug-likeness (QED) is 0.851. The van der Waals surface area contributed by atoms with Crippen LogP contribution >= 0.6 is 0 Å². The van der Waals surface area contributed by atoms with Crippen LogP contribution in [0, 0.1) is 12.8 Å². The highest BCUT2D eigenvalue weighted by atomic mass is 16.1. The lowest BCUT2D eigenvalue weighted by Crippen LogP contribution is -2.47. The largest absolute Gasteiger partial charge is 0.356 e. The molecule has 26 heavy (non-hydrogen) atoms. The van der Waals surface area contributed by atoms with Crippen molar-refractivity contribution in [3.63, 3.8) is 0 Å². The molecule has 0 aliphatic carbocycles. The van der Waals surface area contributed by atoms with Crippen LogP contribution in [0.3, 0.4) is 0 Å². The van der Waals surface area contributed by atoms with Gasteiger partial charge in [0.25, 0.3) is 5.91 Å². The van der Waals surface area contributed by atoms with Crippen LogP contribution in [0.4, 0.5) is 5.82 Å². The number of piperazine rings is 1. The fourth-order valence-electron chi connectivity index (χ4n) is 4.37. The second kappa shape index (κ2) is 7.48. The molecule has 4 heterocycles. The molecule has 0 saturated carbocycles. The number of hydrogen-bond donors (Lipinski definition) is 1. The molecule has 0 radical (unpaired) electrons. The van der Waals surface area contributed by atoms with Crippen LogP contribution in [0.5, 0.6) is 0 Å². The molecule has 142 valence electrons. The van der Waals surface area contributed by atoms with Gasteiger partial charge in [-0.1, -0.05) is 0 Å². The van der Waals surface area contributed by atoms with Gasteiger partial charge in [-0.3, -0.25) is 4.79 Å². The van der Waals surface area contributed by atoms with Crippen molar-refractivity contribution >= 4 is 11.7 Å². The number of nitrogens with one attached hydrogen (secondary N) is 1. The topological polar surface area (TPSA) is 64.6 Å². The fraction of sp³-hybridized carbons (Fsp3) is 0.737. The van der Waals surface area contributed by atoms with Crippen LogP contribution in [0.1, 0.15) is 34.7 Å². The van der Waals surface area contributed by atoms with Crippen LogP contribution in [-0.2, 0) is 6.42 Å². The van der Waals surface area contributed by atoms with Crippen LogP contribution in [0.25, 0.3) is 0 Å². The maximum absolute atomic E-state index is 12.1. The molecular weight excluding hydrogens is 328 g/mol. The van der Waals surface area contributed by atoms with E-state index in [1.54, 1.807) is 0 Å². The Labute approximate surface area is 155 Å². The first-order valence-corrected chi connectivity index (χ1v) is 9.91. The molecule has 2 fully saturated rings. The summed E-state index contributed by atoms with van der Waals surface area (Å²) >= 11 is 0. The Morgan fingerprint density at radius 2 is 1.81 bits per heavy atom. The van der Waals surface area contributed by atoms with Gasteiger partial charge in [0.15, 0.2) is 0 Å². The number of nitrogens with zero attached hydrogens (tertiary/aromatic N) is 5. The van der Waals surface area contributed by atoms with E-state index < -0.39 is 0 Å². The van der Waals surface area contributed by atoms with Crippen LogP contribution in [0.2, 0.25) is 0 Å². The van der Waals surface area contributed by atoms with Gasteiger partial charge in [-0.15, -0.1) is 0 Å². The Hall–Kier alpha value is -1.73. The van der Waals surface area contributed by atoms with E-state index >= 15 is 0 Å². The lowest BCUT2D eigenvalue weighted by atomic mass is 9.95. The molecule has 0 aromatic carbocycles. The van der Waals surface area contributed by atoms with Crippen molar-refractivity contribution in [3.05, 3.63) is 17.1 Å². The van der Waals surface area contributed by atoms with Crippen molar-refractivity contribution in [2.75, 3.05) is 64.3 Å². The maximum Gasteiger partial charge on any atom is 0.270 e. The number of aromatic nitrogens is 2. The first kappa shape index (κ1) is 17.7. The molecule has 1 N–H and O–H groups in total. The molecule has 0 atom stereocenters. The Kier molecular flexibility index (Phi) is 5.09. The Morgan fingerprint density at radius 1 is 1.08 bits per heavy atom. The molecular formula is C19H30N6O. The Bertz CT molecular complexity index is 662. The van der Waals surface area contributed by atoms with Crippen molar-refractivity contribution in [2.24, 2.45) is 5.92 Å². The maximum atomic E-state index is 12.1. The first-order valence-electron chi connectivity index (χ1n) is 9.91. The molecule has 3 aliphatic heterocycles. The van der Waals surface area contributed by atoms with E-state index in [-0.39, 0.29) is 5.91 Å². The average molecular weight is 358 g/mol. The standard InChI is InChI=1S/C19H30N6O/c1-14-21-17-16(3-6-20-19(17)26)18(22-14)25-7-4-15(5-8-25)13-24-11-9-23(2)10-12-24/h15H,3-13H2,1-2H3,(H,20,26). The predicted octanol–water partition coefficient (Wildman–Crippen LogP) is 0.535. The molecule has 7 heteroatoms. The number of likely N-dealkylation sites (N-methyl/N-ethyl adjacent to an activating group) is 1. The molecule has 2 saturated heterocycles. The van der Waals surface area contributed by atoms with Gasteiger partial charge in [-0.05, 0) is 39.2 Å². The van der Waals surface area contributed by atoms with Gasteiger partial charge in [0.05, 0.1) is 0 Å². The normalized spacial score (nSPS) is 23.0. The lowest BCUT2D eigenvalue weighted by Gasteiger charge is -2.39. The molecule has 3 aliphatic rings. The molecule has 1 amide bonds. The molecule has 1 aromatic heterocycles. The minimum Gasteiger partial charge on any atom is -0.356 e. The smallest absolute Gasteiger partial charge is 0.270 e. The number of aryl methyl sites for hydroxylation is 1. The van der Waals surface area contributed by atoms with Crippen molar-refractivity contribution in [1.29, 1.82) is 0 Å². The molecule has 4 rings (SSSR count). The van der Waals surface area contributed by atoms with E-state index in [1.165, 1.54) is 45.6 Å². The number of anilines is 1. The summed E-state index contributed by atoms with van der Waals surface area (Å²) in [6.07, 6.45) is 3.24. The number of fused-ring (bicyclic) bond motifs is 1. The lowest BCUT2D eigenvalue weighted by molar-refractivity contribution is 0.0940. The van der Waals surface area contributed by atoms with Crippen LogP contribution in [-0.4, -0.2) is 85.1 Å². The Balaban J connectivity index is 1.40. The number of carbonyl (C=O) groups is 1. The summed E-state index contributed by atoms with van der Waals surface area (Å²) in [6, 6.07) is 0. The Morgan fingerprint density at radius 3 is 2.54 bits per heavy atom. The highest BCUT2D eigenvalue weighted by molar-refractivity contribution is 5.96. The van der Waals surface area contributed by atoms with E-state index in [1.807, 2.05) is 6.92 Å². The number of rotatable bonds is 3. The zero-order valence-corrected chi connectivity index (χ0v) is 16.0. The van der Waals surface area contributed by atoms with E-state index in [4.69, 9.17) is 4.98 Å². The van der Waals surface area contributed by atoms with E-state index in [2.05, 4.69) is 32.0 Å². The highest BCUT2D eigenvalue weighted by Gasteiger charge is 2.29. The average Bonchev–Trinajstić information content (AvgIpc) is 2.65. The van der Waals surface area contributed by atoms with Crippen molar-refractivity contribution in [2.45, 2.75) is 26.2 Å². The third kappa shape index (κ3) is 3.69. The molecule has 0 unspecified atom stereocenters. The van der Waals surface area contributed by atoms with E-state index in [9.17, 15) is 4.79 Å². The van der Waals surface area contributed by atoms with Gasteiger partial charge in [0.2, 0.25) is 0 Å². The summed E-state index contributed by atoms with van der Waals surface area (Å²) in [4.78, 5) is 28.7. The summed E-state index contributed by atoms with van der Waals surface area (Å²) in [7, 11) is 2.21. The number of piperidine rings is 1. The van der Waals surface area contributed by atoms with Crippen molar-refractivity contribution in [3.8, 4) is 0 Å². The molecule has 0 bridgehead atoms. The van der Waals surface area contributed by atoms with Gasteiger partial charge in [0, 0.05) is 57.9 Å². The van der Waals surface area contributed by atoms with Crippen LogP contribution in [0.15, 0.2) is 0 Å². The second-order valence-electron chi connectivity index (χ2n) is 7.96. The monoisotopic (exact) mass is 358 g/mol. The third-order valence-electron chi connectivity index (χ3n) is 6.00. The highest BCUT2D eigenvalue weighted by Crippen LogP contribution is 2.28. The molecule has 1 aromatic rings. The zero-order chi connectivity index (χ0) is 18.1. The van der Waals surface area contributed by atoms with Gasteiger partial charge in [-0.25, -0.2) is 9.97 Å². The second-order valence-corrected chi connectivity index (χ2v) is 7.96.